The maximum absolute atomic E-state index is 13.0. The van der Waals surface area contributed by atoms with E-state index in [1.807, 2.05) is 0 Å². The number of amides is 1. The van der Waals surface area contributed by atoms with Crippen LogP contribution >= 0.6 is 0 Å². The van der Waals surface area contributed by atoms with Crippen LogP contribution in [0, 0.1) is 11.8 Å². The number of anilines is 1. The van der Waals surface area contributed by atoms with Crippen molar-refractivity contribution in [2.75, 3.05) is 78.5 Å². The molecule has 2 aromatic rings. The molecule has 4 aliphatic heterocycles. The van der Waals surface area contributed by atoms with Gasteiger partial charge in [0.25, 0.3) is 0 Å². The first-order valence-electron chi connectivity index (χ1n) is 16.1. The highest BCUT2D eigenvalue weighted by molar-refractivity contribution is 6.03. The predicted octanol–water partition coefficient (Wildman–Crippen LogP) is 1.53. The van der Waals surface area contributed by atoms with Gasteiger partial charge in [0.2, 0.25) is 5.91 Å². The molecule has 0 aliphatic carbocycles. The largest absolute Gasteiger partial charge is 0.464 e. The summed E-state index contributed by atoms with van der Waals surface area (Å²) in [6.07, 6.45) is 1.50. The second kappa shape index (κ2) is 11.2. The first kappa shape index (κ1) is 30.1. The van der Waals surface area contributed by atoms with Crippen molar-refractivity contribution in [2.45, 2.75) is 45.4 Å². The summed E-state index contributed by atoms with van der Waals surface area (Å²) in [5.41, 5.74) is 9.21. The summed E-state index contributed by atoms with van der Waals surface area (Å²) in [5, 5.41) is 12.9. The molecule has 43 heavy (non-hydrogen) atoms. The maximum Gasteiger partial charge on any atom is 0.354 e. The maximum atomic E-state index is 13.0. The van der Waals surface area contributed by atoms with Gasteiger partial charge in [-0.3, -0.25) is 4.79 Å². The molecule has 1 amide bonds. The van der Waals surface area contributed by atoms with Gasteiger partial charge in [0.05, 0.1) is 58.9 Å². The number of aliphatic hydroxyl groups is 1. The molecule has 2 fully saturated rings. The minimum absolute atomic E-state index is 0.0435. The van der Waals surface area contributed by atoms with Gasteiger partial charge in [0, 0.05) is 42.9 Å². The van der Waals surface area contributed by atoms with E-state index in [1.54, 1.807) is 11.8 Å². The normalized spacial score (nSPS) is 30.6. The highest BCUT2D eigenvalue weighted by Gasteiger charge is 2.60. The summed E-state index contributed by atoms with van der Waals surface area (Å²) < 4.78 is 7.45. The van der Waals surface area contributed by atoms with E-state index < -0.39 is 18.0 Å². The molecule has 4 N–H and O–H groups in total. The number of carbonyl (C=O) groups excluding carboxylic acids is 2. The molecule has 0 radical (unpaired) electrons. The number of β-lactam (4-membered cyclic amide) rings is 1. The van der Waals surface area contributed by atoms with Crippen LogP contribution < -0.4 is 10.6 Å². The topological polar surface area (TPSA) is 97.7 Å². The average Bonchev–Trinajstić information content (AvgIpc) is 3.46. The van der Waals surface area contributed by atoms with Gasteiger partial charge in [-0.2, -0.15) is 0 Å². The molecule has 0 bridgehead atoms. The first-order valence-corrected chi connectivity index (χ1v) is 16.1. The Morgan fingerprint density at radius 2 is 1.81 bits per heavy atom. The zero-order chi connectivity index (χ0) is 30.7. The second-order valence-electron chi connectivity index (χ2n) is 14.1. The van der Waals surface area contributed by atoms with Crippen LogP contribution in [-0.4, -0.2) is 117 Å². The molecule has 4 atom stereocenters. The SMILES string of the molecule is COC(=O)C1=C(CN2Cc3ccc(CC[N+]4(C)CC[N+](C)(CCC[NH3+])CC4)c4cccc2c34)[C@H](C)C2C(C(C)O)C(=O)N12. The number of carbonyl (C=O) groups is 2. The first-order chi connectivity index (χ1) is 20.5. The third-order valence-corrected chi connectivity index (χ3v) is 11.2. The molecule has 4 heterocycles. The van der Waals surface area contributed by atoms with E-state index in [4.69, 9.17) is 4.74 Å². The van der Waals surface area contributed by atoms with Crippen LogP contribution in [0.5, 0.6) is 0 Å². The van der Waals surface area contributed by atoms with Crippen molar-refractivity contribution in [2.24, 2.45) is 11.8 Å². The van der Waals surface area contributed by atoms with E-state index in [1.165, 1.54) is 78.3 Å². The van der Waals surface area contributed by atoms with E-state index in [-0.39, 0.29) is 17.9 Å². The summed E-state index contributed by atoms with van der Waals surface area (Å²) in [4.78, 5) is 29.9. The molecule has 9 nitrogen and oxygen atoms in total. The Bertz CT molecular complexity index is 1460. The Balaban J connectivity index is 1.22. The van der Waals surface area contributed by atoms with Crippen molar-refractivity contribution in [3.8, 4) is 0 Å². The Kier molecular flexibility index (Phi) is 7.82. The standard InChI is InChI=1S/C34H49N5O4/c1-22-27(32(34(42)43-5)37-31(22)29(23(2)40)33(37)41)21-36-20-25-11-10-24(26-8-6-9-28(36)30(25)26)12-15-39(4)18-16-38(3,17-19-39)14-7-13-35/h6,8-11,22-23,29,31,40H,7,12-21,35H2,1-5H3/q+2/p+1/t22-,23?,29?,31?,38?,39?/m0/s1. The molecular formula is C34H50N5O4+3. The Morgan fingerprint density at radius 3 is 2.47 bits per heavy atom. The molecule has 0 spiro atoms. The lowest BCUT2D eigenvalue weighted by molar-refractivity contribution is -1.02. The minimum Gasteiger partial charge on any atom is -0.464 e. The third kappa shape index (κ3) is 5.04. The van der Waals surface area contributed by atoms with Gasteiger partial charge >= 0.3 is 5.97 Å². The molecule has 2 saturated heterocycles. The van der Waals surface area contributed by atoms with Crippen LogP contribution in [0.25, 0.3) is 10.8 Å². The lowest BCUT2D eigenvalue weighted by Gasteiger charge is -2.46. The number of methoxy groups -OCH3 is 1. The molecule has 232 valence electrons. The number of rotatable bonds is 10. The summed E-state index contributed by atoms with van der Waals surface area (Å²) in [7, 11) is 6.21. The number of quaternary nitrogens is 3. The molecule has 0 aromatic heterocycles. The van der Waals surface area contributed by atoms with Crippen LogP contribution in [0.4, 0.5) is 5.69 Å². The quantitative estimate of drug-likeness (QED) is 0.248. The monoisotopic (exact) mass is 592 g/mol. The lowest BCUT2D eigenvalue weighted by atomic mass is 9.77. The van der Waals surface area contributed by atoms with Gasteiger partial charge in [-0.1, -0.05) is 31.2 Å². The highest BCUT2D eigenvalue weighted by Crippen LogP contribution is 2.49. The molecule has 2 aromatic carbocycles. The Hall–Kier alpha value is -2.98. The molecule has 0 saturated carbocycles. The zero-order valence-electron chi connectivity index (χ0n) is 26.6. The number of hydrogen-bond acceptors (Lipinski definition) is 5. The van der Waals surface area contributed by atoms with Gasteiger partial charge in [0.1, 0.15) is 31.9 Å². The number of piperazine rings is 1. The Morgan fingerprint density at radius 1 is 1.12 bits per heavy atom. The van der Waals surface area contributed by atoms with E-state index in [2.05, 4.69) is 62.0 Å². The van der Waals surface area contributed by atoms with Crippen molar-refractivity contribution >= 4 is 28.3 Å². The van der Waals surface area contributed by atoms with E-state index in [0.717, 1.165) is 36.1 Å². The summed E-state index contributed by atoms with van der Waals surface area (Å²) in [6, 6.07) is 11.0. The molecule has 4 aliphatic rings. The van der Waals surface area contributed by atoms with E-state index in [0.29, 0.717) is 12.2 Å². The van der Waals surface area contributed by atoms with Gasteiger partial charge in [0.15, 0.2) is 0 Å². The fourth-order valence-corrected chi connectivity index (χ4v) is 8.23. The second-order valence-corrected chi connectivity index (χ2v) is 14.1. The molecular weight excluding hydrogens is 542 g/mol. The van der Waals surface area contributed by atoms with Crippen molar-refractivity contribution < 1.29 is 34.1 Å². The summed E-state index contributed by atoms with van der Waals surface area (Å²) in [5.74, 6) is -1.20. The molecule has 3 unspecified atom stereocenters. The van der Waals surface area contributed by atoms with E-state index in [9.17, 15) is 14.7 Å². The van der Waals surface area contributed by atoms with Crippen molar-refractivity contribution in [1.82, 2.24) is 4.90 Å². The van der Waals surface area contributed by atoms with Crippen LogP contribution in [0.2, 0.25) is 0 Å². The summed E-state index contributed by atoms with van der Waals surface area (Å²) in [6.45, 7) is 13.3. The fraction of sp³-hybridized carbons (Fsp3) is 0.588. The van der Waals surface area contributed by atoms with Gasteiger partial charge in [-0.25, -0.2) is 4.79 Å². The summed E-state index contributed by atoms with van der Waals surface area (Å²) >= 11 is 0. The Labute approximate surface area is 255 Å². The van der Waals surface area contributed by atoms with Crippen LogP contribution in [0.3, 0.4) is 0 Å². The van der Waals surface area contributed by atoms with Gasteiger partial charge in [-0.15, -0.1) is 0 Å². The number of esters is 1. The number of benzene rings is 2. The molecule has 9 heteroatoms. The smallest absolute Gasteiger partial charge is 0.354 e. The van der Waals surface area contributed by atoms with Crippen molar-refractivity contribution in [3.63, 3.8) is 0 Å². The number of fused-ring (bicyclic) bond motifs is 1. The minimum atomic E-state index is -0.755. The lowest BCUT2D eigenvalue weighted by Crippen LogP contribution is -2.65. The van der Waals surface area contributed by atoms with Crippen LogP contribution in [0.15, 0.2) is 41.6 Å². The number of hydrogen-bond donors (Lipinski definition) is 2. The number of nitrogens with zero attached hydrogens (tertiary/aromatic N) is 4. The number of aliphatic hydroxyl groups excluding tert-OH is 1. The molecule has 6 rings (SSSR count). The third-order valence-electron chi connectivity index (χ3n) is 11.2. The number of likely N-dealkylation sites (N-methyl/N-ethyl adjacent to an activating group) is 2. The number of ether oxygens (including phenoxy) is 1. The highest BCUT2D eigenvalue weighted by atomic mass is 16.5. The van der Waals surface area contributed by atoms with Crippen LogP contribution in [-0.2, 0) is 27.3 Å². The fourth-order valence-electron chi connectivity index (χ4n) is 8.23. The van der Waals surface area contributed by atoms with E-state index >= 15 is 0 Å². The van der Waals surface area contributed by atoms with Crippen LogP contribution in [0.1, 0.15) is 31.4 Å². The van der Waals surface area contributed by atoms with Crippen molar-refractivity contribution in [3.05, 3.63) is 52.7 Å². The van der Waals surface area contributed by atoms with Crippen molar-refractivity contribution in [1.29, 1.82) is 0 Å². The predicted molar refractivity (Wildman–Crippen MR) is 167 cm³/mol. The zero-order valence-corrected chi connectivity index (χ0v) is 26.6. The van der Waals surface area contributed by atoms with Gasteiger partial charge in [-0.05, 0) is 35.1 Å². The average molecular weight is 593 g/mol. The van der Waals surface area contributed by atoms with Gasteiger partial charge < -0.3 is 34.3 Å².